The molecule has 0 atom stereocenters. The van der Waals surface area contributed by atoms with Gasteiger partial charge in [0.2, 0.25) is 0 Å². The van der Waals surface area contributed by atoms with Crippen LogP contribution in [0.1, 0.15) is 11.1 Å². The molecule has 210 valence electrons. The molecule has 0 aliphatic rings. The number of para-hydroxylation sites is 1. The lowest BCUT2D eigenvalue weighted by atomic mass is 10.0. The van der Waals surface area contributed by atoms with E-state index in [1.165, 1.54) is 7.11 Å². The molecule has 1 aromatic heterocycles. The second-order valence-electron chi connectivity index (χ2n) is 8.87. The molecule has 10 heteroatoms. The highest BCUT2D eigenvalue weighted by molar-refractivity contribution is 5.89. The fourth-order valence-corrected chi connectivity index (χ4v) is 3.81. The van der Waals surface area contributed by atoms with Crippen LogP contribution in [0.25, 0.3) is 11.1 Å². The third-order valence-electron chi connectivity index (χ3n) is 5.90. The summed E-state index contributed by atoms with van der Waals surface area (Å²) in [7, 11) is 1.23. The number of nitrogens with zero attached hydrogens (tertiary/aromatic N) is 1. The summed E-state index contributed by atoms with van der Waals surface area (Å²) in [5.74, 6) is 0.225. The Balaban J connectivity index is 1.22. The number of amides is 3. The number of carbonyl (C=O) groups is 3. The minimum Gasteiger partial charge on any atom is -0.488 e. The molecule has 0 aliphatic heterocycles. The molecule has 10 nitrogen and oxygen atoms in total. The van der Waals surface area contributed by atoms with Crippen LogP contribution in [0.2, 0.25) is 0 Å². The number of esters is 1. The Morgan fingerprint density at radius 3 is 2.34 bits per heavy atom. The summed E-state index contributed by atoms with van der Waals surface area (Å²) in [5, 5.41) is 7.90. The predicted octanol–water partition coefficient (Wildman–Crippen LogP) is 4.40. The van der Waals surface area contributed by atoms with Crippen molar-refractivity contribution in [3.63, 3.8) is 0 Å². The number of ether oxygens (including phenoxy) is 3. The van der Waals surface area contributed by atoms with Crippen molar-refractivity contribution in [2.45, 2.75) is 19.9 Å². The number of carbonyl (C=O) groups excluding carboxylic acids is 3. The number of hydrogen-bond acceptors (Lipinski definition) is 6. The Labute approximate surface area is 237 Å². The van der Waals surface area contributed by atoms with Gasteiger partial charge in [0.05, 0.1) is 13.7 Å². The first-order valence-corrected chi connectivity index (χ1v) is 12.9. The predicted molar refractivity (Wildman–Crippen MR) is 152 cm³/mol. The summed E-state index contributed by atoms with van der Waals surface area (Å²) < 4.78 is 17.2. The van der Waals surface area contributed by atoms with Crippen LogP contribution in [0.15, 0.2) is 103 Å². The number of urea groups is 1. The molecule has 0 unspecified atom stereocenters. The van der Waals surface area contributed by atoms with E-state index in [2.05, 4.69) is 32.8 Å². The lowest BCUT2D eigenvalue weighted by Crippen LogP contribution is -2.39. The molecule has 0 spiro atoms. The number of alkyl carbamates (subject to hydrolysis) is 1. The molecule has 3 amide bonds. The summed E-state index contributed by atoms with van der Waals surface area (Å²) in [5.41, 5.74) is 4.52. The standard InChI is InChI=1S/C31H30N4O6/c1-39-29(36)19-33-31(38)41-22-35-17-7-8-24(20-35)18-32-30(37)34-26-15-13-23(14-16-26)21-40-28-12-6-5-11-27(28)25-9-3-2-4-10-25/h2-17,20H,18-19,21-22H2,1H3,(H2-,32,33,34,37,38)/p+1. The van der Waals surface area contributed by atoms with Gasteiger partial charge in [-0.3, -0.25) is 4.79 Å². The van der Waals surface area contributed by atoms with E-state index in [-0.39, 0.29) is 25.9 Å². The van der Waals surface area contributed by atoms with Crippen molar-refractivity contribution in [3.05, 3.63) is 115 Å². The molecule has 1 heterocycles. The van der Waals surface area contributed by atoms with E-state index in [1.807, 2.05) is 72.8 Å². The van der Waals surface area contributed by atoms with Gasteiger partial charge in [0.1, 0.15) is 18.9 Å². The Kier molecular flexibility index (Phi) is 10.3. The number of nitrogens with one attached hydrogen (secondary N) is 3. The van der Waals surface area contributed by atoms with Gasteiger partial charge in [-0.05, 0) is 35.4 Å². The van der Waals surface area contributed by atoms with Gasteiger partial charge in [-0.15, -0.1) is 0 Å². The maximum atomic E-state index is 12.4. The average molecular weight is 556 g/mol. The molecule has 0 saturated carbocycles. The first-order chi connectivity index (χ1) is 20.0. The highest BCUT2D eigenvalue weighted by atomic mass is 16.6. The monoisotopic (exact) mass is 555 g/mol. The molecule has 0 saturated heterocycles. The van der Waals surface area contributed by atoms with Crippen LogP contribution in [-0.2, 0) is 34.2 Å². The number of benzene rings is 3. The molecule has 4 rings (SSSR count). The lowest BCUT2D eigenvalue weighted by Gasteiger charge is -2.12. The Hall–Kier alpha value is -5.38. The van der Waals surface area contributed by atoms with Crippen LogP contribution in [0.4, 0.5) is 15.3 Å². The van der Waals surface area contributed by atoms with Crippen molar-refractivity contribution in [1.29, 1.82) is 0 Å². The van der Waals surface area contributed by atoms with Gasteiger partial charge in [-0.1, -0.05) is 60.7 Å². The fraction of sp³-hybridized carbons (Fsp3) is 0.161. The van der Waals surface area contributed by atoms with Gasteiger partial charge in [0.15, 0.2) is 12.4 Å². The summed E-state index contributed by atoms with van der Waals surface area (Å²) in [6.07, 6.45) is 2.70. The SMILES string of the molecule is COC(=O)CNC(=O)OC[n+]1cccc(CNC(=O)Nc2ccc(COc3ccccc3-c3ccccc3)cc2)c1. The van der Waals surface area contributed by atoms with E-state index >= 15 is 0 Å². The van der Waals surface area contributed by atoms with Crippen LogP contribution in [0.3, 0.4) is 0 Å². The van der Waals surface area contributed by atoms with Crippen molar-refractivity contribution in [2.75, 3.05) is 19.0 Å². The zero-order valence-corrected chi connectivity index (χ0v) is 22.5. The average Bonchev–Trinajstić information content (AvgIpc) is 3.02. The molecule has 0 aliphatic carbocycles. The van der Waals surface area contributed by atoms with Crippen LogP contribution < -0.4 is 25.3 Å². The van der Waals surface area contributed by atoms with Crippen molar-refractivity contribution < 1.29 is 33.2 Å². The molecular weight excluding hydrogens is 524 g/mol. The zero-order valence-electron chi connectivity index (χ0n) is 22.5. The smallest absolute Gasteiger partial charge is 0.412 e. The molecule has 0 fully saturated rings. The zero-order chi connectivity index (χ0) is 28.9. The van der Waals surface area contributed by atoms with Crippen LogP contribution >= 0.6 is 0 Å². The summed E-state index contributed by atoms with van der Waals surface area (Å²) in [6, 6.07) is 28.7. The Morgan fingerprint density at radius 2 is 1.56 bits per heavy atom. The fourth-order valence-electron chi connectivity index (χ4n) is 3.81. The lowest BCUT2D eigenvalue weighted by molar-refractivity contribution is -0.727. The minimum atomic E-state index is -0.750. The summed E-state index contributed by atoms with van der Waals surface area (Å²) in [6.45, 7) is 0.300. The minimum absolute atomic E-state index is 0.0685. The van der Waals surface area contributed by atoms with Gasteiger partial charge in [0.25, 0.3) is 6.73 Å². The van der Waals surface area contributed by atoms with Crippen molar-refractivity contribution in [2.24, 2.45) is 0 Å². The maximum Gasteiger partial charge on any atom is 0.412 e. The van der Waals surface area contributed by atoms with Crippen LogP contribution in [-0.4, -0.2) is 31.7 Å². The summed E-state index contributed by atoms with van der Waals surface area (Å²) >= 11 is 0. The highest BCUT2D eigenvalue weighted by Crippen LogP contribution is 2.30. The number of aromatic nitrogens is 1. The first kappa shape index (κ1) is 28.6. The first-order valence-electron chi connectivity index (χ1n) is 12.9. The van der Waals surface area contributed by atoms with Crippen LogP contribution in [0.5, 0.6) is 5.75 Å². The van der Waals surface area contributed by atoms with Gasteiger partial charge in [-0.25, -0.2) is 9.59 Å². The highest BCUT2D eigenvalue weighted by Gasteiger charge is 2.11. The number of rotatable bonds is 11. The number of hydrogen-bond donors (Lipinski definition) is 3. The number of pyridine rings is 1. The molecule has 3 aromatic carbocycles. The van der Waals surface area contributed by atoms with E-state index in [1.54, 1.807) is 23.0 Å². The van der Waals surface area contributed by atoms with Crippen molar-refractivity contribution in [3.8, 4) is 16.9 Å². The molecule has 0 radical (unpaired) electrons. The largest absolute Gasteiger partial charge is 0.488 e. The van der Waals surface area contributed by atoms with Crippen molar-refractivity contribution in [1.82, 2.24) is 10.6 Å². The third-order valence-corrected chi connectivity index (χ3v) is 5.90. The third kappa shape index (κ3) is 9.10. The number of anilines is 1. The molecule has 4 aromatic rings. The Morgan fingerprint density at radius 1 is 0.805 bits per heavy atom. The van der Waals surface area contributed by atoms with E-state index in [0.717, 1.165) is 28.0 Å². The van der Waals surface area contributed by atoms with E-state index < -0.39 is 12.1 Å². The van der Waals surface area contributed by atoms with E-state index in [4.69, 9.17) is 9.47 Å². The van der Waals surface area contributed by atoms with Crippen LogP contribution in [0, 0.1) is 0 Å². The topological polar surface area (TPSA) is 119 Å². The quantitative estimate of drug-likeness (QED) is 0.187. The molecule has 41 heavy (non-hydrogen) atoms. The molecular formula is C31H31N4O6+. The van der Waals surface area contributed by atoms with Gasteiger partial charge in [-0.2, -0.15) is 4.57 Å². The van der Waals surface area contributed by atoms with Gasteiger partial charge < -0.3 is 30.2 Å². The summed E-state index contributed by atoms with van der Waals surface area (Å²) in [4.78, 5) is 35.2. The van der Waals surface area contributed by atoms with Crippen molar-refractivity contribution >= 4 is 23.8 Å². The van der Waals surface area contributed by atoms with Gasteiger partial charge >= 0.3 is 18.1 Å². The molecule has 0 bridgehead atoms. The second-order valence-corrected chi connectivity index (χ2v) is 8.87. The molecule has 3 N–H and O–H groups in total. The Bertz CT molecular complexity index is 1460. The van der Waals surface area contributed by atoms with E-state index in [0.29, 0.717) is 12.3 Å². The maximum absolute atomic E-state index is 12.4. The van der Waals surface area contributed by atoms with E-state index in [9.17, 15) is 14.4 Å². The number of methoxy groups -OCH3 is 1. The van der Waals surface area contributed by atoms with Gasteiger partial charge in [0, 0.05) is 22.9 Å². The second kappa shape index (κ2) is 14.7. The normalized spacial score (nSPS) is 10.3.